The minimum Gasteiger partial charge on any atom is -0.381 e. The molecule has 9 nitrogen and oxygen atoms in total. The van der Waals surface area contributed by atoms with Gasteiger partial charge in [0.15, 0.2) is 4.75 Å². The number of carbonyl (C=O) groups is 2. The highest BCUT2D eigenvalue weighted by Crippen LogP contribution is 2.35. The zero-order valence-electron chi connectivity index (χ0n) is 19.4. The summed E-state index contributed by atoms with van der Waals surface area (Å²) in [6.07, 6.45) is 14.3. The van der Waals surface area contributed by atoms with E-state index in [2.05, 4.69) is 0 Å². The highest BCUT2D eigenvalue weighted by atomic mass is 32.2. The van der Waals surface area contributed by atoms with E-state index in [-0.39, 0.29) is 37.9 Å². The maximum absolute atomic E-state index is 13.3. The largest absolute Gasteiger partial charge is 0.381 e. The van der Waals surface area contributed by atoms with Gasteiger partial charge in [-0.05, 0) is 31.6 Å². The number of carbonyl (C=O) groups excluding carboxylic acids is 2. The van der Waals surface area contributed by atoms with E-state index in [1.165, 1.54) is 23.6 Å². The van der Waals surface area contributed by atoms with Crippen molar-refractivity contribution >= 4 is 21.8 Å². The second kappa shape index (κ2) is 11.6. The lowest BCUT2D eigenvalue weighted by atomic mass is 9.94. The summed E-state index contributed by atoms with van der Waals surface area (Å²) in [5.41, 5.74) is 1.55. The Balaban J connectivity index is 1.52. The summed E-state index contributed by atoms with van der Waals surface area (Å²) in [4.78, 5) is 26.6. The molecule has 10 heteroatoms. The van der Waals surface area contributed by atoms with Crippen molar-refractivity contribution in [1.29, 1.82) is 0 Å². The number of amides is 2. The molecule has 0 aromatic carbocycles. The van der Waals surface area contributed by atoms with Crippen LogP contribution in [0.25, 0.3) is 0 Å². The number of ether oxygens (including phenoxy) is 1. The smallest absolute Gasteiger partial charge is 0.266 e. The van der Waals surface area contributed by atoms with Crippen molar-refractivity contribution in [3.05, 3.63) is 24.3 Å². The molecule has 1 aliphatic carbocycles. The summed E-state index contributed by atoms with van der Waals surface area (Å²) >= 11 is 0. The SMILES string of the molecule is CN(C(=O)C=CC=CC1CCN(S(=O)(=O)C2(C(=O)NO)CCOCC2)CC1)C1CCCCC1. The van der Waals surface area contributed by atoms with Gasteiger partial charge in [-0.1, -0.05) is 37.5 Å². The molecule has 2 saturated heterocycles. The van der Waals surface area contributed by atoms with Gasteiger partial charge >= 0.3 is 0 Å². The van der Waals surface area contributed by atoms with Gasteiger partial charge in [0.2, 0.25) is 15.9 Å². The first-order chi connectivity index (χ1) is 15.8. The number of hydrogen-bond donors (Lipinski definition) is 2. The lowest BCUT2D eigenvalue weighted by Crippen LogP contribution is -2.60. The summed E-state index contributed by atoms with van der Waals surface area (Å²) in [5, 5.41) is 9.16. The lowest BCUT2D eigenvalue weighted by Gasteiger charge is -2.40. The number of rotatable bonds is 7. The minimum atomic E-state index is -3.95. The fraction of sp³-hybridized carbons (Fsp3) is 0.739. The molecule has 33 heavy (non-hydrogen) atoms. The molecule has 2 aliphatic heterocycles. The standard InChI is InChI=1S/C23H37N3O6S/c1-25(20-8-3-2-4-9-20)21(27)10-6-5-7-19-11-15-26(16-12-19)33(30,31)23(22(28)24-29)13-17-32-18-14-23/h5-7,10,19-20,29H,2-4,8-9,11-18H2,1H3,(H,24,28). The molecule has 186 valence electrons. The quantitative estimate of drug-likeness (QED) is 0.248. The van der Waals surface area contributed by atoms with Crippen molar-refractivity contribution in [2.24, 2.45) is 5.92 Å². The summed E-state index contributed by atoms with van der Waals surface area (Å²) in [5.74, 6) is -0.679. The second-order valence-electron chi connectivity index (χ2n) is 9.27. The molecule has 3 rings (SSSR count). The van der Waals surface area contributed by atoms with Crippen LogP contribution < -0.4 is 5.48 Å². The Morgan fingerprint density at radius 1 is 1.06 bits per heavy atom. The maximum atomic E-state index is 13.3. The molecule has 1 saturated carbocycles. The molecule has 0 unspecified atom stereocenters. The summed E-state index contributed by atoms with van der Waals surface area (Å²) in [6, 6.07) is 0.332. The van der Waals surface area contributed by atoms with Gasteiger partial charge in [-0.25, -0.2) is 18.2 Å². The molecular weight excluding hydrogens is 446 g/mol. The molecule has 0 atom stereocenters. The number of likely N-dealkylation sites (N-methyl/N-ethyl adjacent to an activating group) is 1. The van der Waals surface area contributed by atoms with Crippen LogP contribution in [0, 0.1) is 5.92 Å². The molecule has 0 bridgehead atoms. The Morgan fingerprint density at radius 3 is 2.30 bits per heavy atom. The zero-order valence-corrected chi connectivity index (χ0v) is 20.3. The van der Waals surface area contributed by atoms with Crippen LogP contribution in [-0.2, 0) is 24.3 Å². The molecule has 2 N–H and O–H groups in total. The molecule has 2 amide bonds. The average Bonchev–Trinajstić information content (AvgIpc) is 2.86. The van der Waals surface area contributed by atoms with Gasteiger partial charge < -0.3 is 9.64 Å². The topological polar surface area (TPSA) is 116 Å². The molecule has 3 aliphatic rings. The van der Waals surface area contributed by atoms with Crippen LogP contribution in [0.2, 0.25) is 0 Å². The summed E-state index contributed by atoms with van der Waals surface area (Å²) in [6.45, 7) is 0.942. The normalized spacial score (nSPS) is 23.7. The fourth-order valence-corrected chi connectivity index (χ4v) is 7.23. The van der Waals surface area contributed by atoms with E-state index >= 15 is 0 Å². The lowest BCUT2D eigenvalue weighted by molar-refractivity contribution is -0.134. The first kappa shape index (κ1) is 25.9. The molecule has 0 spiro atoms. The number of hydroxylamine groups is 1. The van der Waals surface area contributed by atoms with Crippen LogP contribution in [0.3, 0.4) is 0 Å². The van der Waals surface area contributed by atoms with E-state index in [1.54, 1.807) is 17.6 Å². The van der Waals surface area contributed by atoms with Crippen molar-refractivity contribution < 1.29 is 28.0 Å². The third-order valence-corrected chi connectivity index (χ3v) is 9.98. The van der Waals surface area contributed by atoms with Crippen molar-refractivity contribution in [2.45, 2.75) is 68.6 Å². The van der Waals surface area contributed by atoms with Gasteiger partial charge in [0.05, 0.1) is 0 Å². The highest BCUT2D eigenvalue weighted by Gasteiger charge is 2.54. The molecule has 0 aromatic rings. The van der Waals surface area contributed by atoms with Crippen LogP contribution in [-0.4, -0.2) is 78.8 Å². The Hall–Kier alpha value is -1.75. The zero-order chi connectivity index (χ0) is 23.9. The van der Waals surface area contributed by atoms with E-state index in [1.807, 2.05) is 24.1 Å². The third kappa shape index (κ3) is 5.85. The van der Waals surface area contributed by atoms with Crippen LogP contribution in [0.5, 0.6) is 0 Å². The van der Waals surface area contributed by atoms with Gasteiger partial charge in [0.25, 0.3) is 5.91 Å². The van der Waals surface area contributed by atoms with Crippen LogP contribution >= 0.6 is 0 Å². The number of nitrogens with one attached hydrogen (secondary N) is 1. The third-order valence-electron chi connectivity index (χ3n) is 7.35. The number of allylic oxidation sites excluding steroid dienone is 3. The van der Waals surface area contributed by atoms with Crippen molar-refractivity contribution in [1.82, 2.24) is 14.7 Å². The second-order valence-corrected chi connectivity index (χ2v) is 11.5. The van der Waals surface area contributed by atoms with E-state index < -0.39 is 20.7 Å². The molecule has 0 radical (unpaired) electrons. The van der Waals surface area contributed by atoms with E-state index in [4.69, 9.17) is 9.94 Å². The summed E-state index contributed by atoms with van der Waals surface area (Å²) in [7, 11) is -2.08. The van der Waals surface area contributed by atoms with Crippen molar-refractivity contribution in [3.8, 4) is 0 Å². The number of nitrogens with zero attached hydrogens (tertiary/aromatic N) is 2. The van der Waals surface area contributed by atoms with Crippen LogP contribution in [0.15, 0.2) is 24.3 Å². The van der Waals surface area contributed by atoms with Gasteiger partial charge in [0, 0.05) is 58.3 Å². The molecule has 3 fully saturated rings. The maximum Gasteiger partial charge on any atom is 0.266 e. The van der Waals surface area contributed by atoms with Gasteiger partial charge in [-0.15, -0.1) is 0 Å². The number of piperidine rings is 1. The highest BCUT2D eigenvalue weighted by molar-refractivity contribution is 7.91. The van der Waals surface area contributed by atoms with E-state index in [9.17, 15) is 18.0 Å². The van der Waals surface area contributed by atoms with Gasteiger partial charge in [-0.2, -0.15) is 0 Å². The molecule has 2 heterocycles. The van der Waals surface area contributed by atoms with Crippen LogP contribution in [0.1, 0.15) is 57.8 Å². The van der Waals surface area contributed by atoms with Gasteiger partial charge in [-0.3, -0.25) is 14.8 Å². The average molecular weight is 484 g/mol. The summed E-state index contributed by atoms with van der Waals surface area (Å²) < 4.78 is 31.6. The predicted molar refractivity (Wildman–Crippen MR) is 124 cm³/mol. The Kier molecular flexibility index (Phi) is 9.09. The van der Waals surface area contributed by atoms with Crippen LogP contribution in [0.4, 0.5) is 0 Å². The van der Waals surface area contributed by atoms with Crippen molar-refractivity contribution in [3.63, 3.8) is 0 Å². The Labute approximate surface area is 196 Å². The minimum absolute atomic E-state index is 0.0105. The Bertz CT molecular complexity index is 836. The fourth-order valence-electron chi connectivity index (χ4n) is 5.09. The number of hydrogen-bond acceptors (Lipinski definition) is 6. The predicted octanol–water partition coefficient (Wildman–Crippen LogP) is 1.99. The van der Waals surface area contributed by atoms with E-state index in [0.717, 1.165) is 12.8 Å². The van der Waals surface area contributed by atoms with Crippen molar-refractivity contribution in [2.75, 3.05) is 33.4 Å². The molecule has 0 aromatic heterocycles. The van der Waals surface area contributed by atoms with E-state index in [0.29, 0.717) is 32.0 Å². The molecular formula is C23H37N3O6S. The number of sulfonamides is 1. The Morgan fingerprint density at radius 2 is 1.70 bits per heavy atom. The van der Waals surface area contributed by atoms with Gasteiger partial charge in [0.1, 0.15) is 0 Å². The monoisotopic (exact) mass is 483 g/mol. The first-order valence-corrected chi connectivity index (χ1v) is 13.4. The first-order valence-electron chi connectivity index (χ1n) is 12.0.